The number of aliphatic imine (C=N–C) groups is 1. The molecule has 14 heteroatoms. The van der Waals surface area contributed by atoms with Crippen LogP contribution in [0.25, 0.3) is 10.9 Å². The minimum absolute atomic E-state index is 0.0509. The van der Waals surface area contributed by atoms with Gasteiger partial charge in [-0.15, -0.1) is 0 Å². The maximum Gasteiger partial charge on any atom is 0.326 e. The lowest BCUT2D eigenvalue weighted by molar-refractivity contribution is -0.149. The predicted molar refractivity (Wildman–Crippen MR) is 159 cm³/mol. The van der Waals surface area contributed by atoms with Gasteiger partial charge in [0.15, 0.2) is 5.96 Å². The number of carbonyl (C=O) groups is 4. The van der Waals surface area contributed by atoms with Crippen molar-refractivity contribution in [1.82, 2.24) is 20.5 Å². The molecule has 1 aliphatic heterocycles. The van der Waals surface area contributed by atoms with Crippen LogP contribution in [-0.4, -0.2) is 88.4 Å². The van der Waals surface area contributed by atoms with E-state index in [0.717, 1.165) is 16.5 Å². The van der Waals surface area contributed by atoms with Crippen LogP contribution in [0.5, 0.6) is 0 Å². The van der Waals surface area contributed by atoms with Gasteiger partial charge in [-0.1, -0.05) is 18.2 Å². The van der Waals surface area contributed by atoms with Crippen molar-refractivity contribution in [1.29, 1.82) is 0 Å². The molecule has 4 unspecified atom stereocenters. The van der Waals surface area contributed by atoms with Gasteiger partial charge in [-0.25, -0.2) is 4.79 Å². The second-order valence-corrected chi connectivity index (χ2v) is 10.6. The van der Waals surface area contributed by atoms with E-state index in [-0.39, 0.29) is 25.3 Å². The molecule has 0 radical (unpaired) electrons. The monoisotopic (exact) mass is 585 g/mol. The van der Waals surface area contributed by atoms with E-state index in [1.165, 1.54) is 4.90 Å². The van der Waals surface area contributed by atoms with E-state index in [1.54, 1.807) is 6.20 Å². The van der Waals surface area contributed by atoms with Crippen LogP contribution in [0.15, 0.2) is 35.5 Å². The normalized spacial score (nSPS) is 16.9. The summed E-state index contributed by atoms with van der Waals surface area (Å²) in [5, 5.41) is 16.1. The first-order chi connectivity index (χ1) is 20.1. The van der Waals surface area contributed by atoms with Crippen molar-refractivity contribution < 1.29 is 24.3 Å². The van der Waals surface area contributed by atoms with Gasteiger partial charge in [0.1, 0.15) is 18.1 Å². The molecule has 1 fully saturated rings. The number of H-pyrrole nitrogens is 1. The molecule has 0 bridgehead atoms. The Bertz CT molecular complexity index is 1260. The summed E-state index contributed by atoms with van der Waals surface area (Å²) in [7, 11) is 0. The largest absolute Gasteiger partial charge is 0.480 e. The zero-order chi connectivity index (χ0) is 30.6. The summed E-state index contributed by atoms with van der Waals surface area (Å²) in [4.78, 5) is 60.5. The van der Waals surface area contributed by atoms with E-state index >= 15 is 0 Å². The second-order valence-electron chi connectivity index (χ2n) is 10.6. The van der Waals surface area contributed by atoms with Crippen LogP contribution in [0, 0.1) is 0 Å². The zero-order valence-corrected chi connectivity index (χ0v) is 23.8. The van der Waals surface area contributed by atoms with Crippen molar-refractivity contribution in [3.05, 3.63) is 36.0 Å². The van der Waals surface area contributed by atoms with Crippen LogP contribution in [-0.2, 0) is 25.6 Å². The van der Waals surface area contributed by atoms with Gasteiger partial charge >= 0.3 is 5.97 Å². The number of carboxylic acid groups (broad SMARTS) is 1. The maximum absolute atomic E-state index is 13.8. The number of unbranched alkanes of at least 4 members (excludes halogenated alkanes) is 1. The number of carboxylic acids is 1. The molecule has 3 amide bonds. The molecule has 12 N–H and O–H groups in total. The van der Waals surface area contributed by atoms with Gasteiger partial charge in [-0.3, -0.25) is 19.4 Å². The number of fused-ring (bicyclic) bond motifs is 1. The molecular formula is C28H43N9O5. The third kappa shape index (κ3) is 8.91. The molecule has 1 saturated heterocycles. The van der Waals surface area contributed by atoms with Crippen molar-refractivity contribution in [2.75, 3.05) is 19.6 Å². The molecule has 1 aromatic heterocycles. The molecule has 3 rings (SSSR count). The Balaban J connectivity index is 1.79. The Morgan fingerprint density at radius 2 is 1.79 bits per heavy atom. The van der Waals surface area contributed by atoms with Crippen LogP contribution in [0.2, 0.25) is 0 Å². The van der Waals surface area contributed by atoms with Gasteiger partial charge in [0, 0.05) is 36.6 Å². The average molecular weight is 586 g/mol. The third-order valence-corrected chi connectivity index (χ3v) is 7.42. The van der Waals surface area contributed by atoms with E-state index < -0.39 is 47.9 Å². The summed E-state index contributed by atoms with van der Waals surface area (Å²) < 4.78 is 0. The molecule has 2 aromatic rings. The topological polar surface area (TPSA) is 248 Å². The average Bonchev–Trinajstić information content (AvgIpc) is 3.62. The number of para-hydroxylation sites is 1. The summed E-state index contributed by atoms with van der Waals surface area (Å²) in [6.45, 7) is 1.01. The molecule has 1 aromatic carbocycles. The van der Waals surface area contributed by atoms with Crippen LogP contribution in [0.3, 0.4) is 0 Å². The second kappa shape index (κ2) is 15.7. The van der Waals surface area contributed by atoms with Gasteiger partial charge < -0.3 is 48.6 Å². The first kappa shape index (κ1) is 32.3. The molecule has 1 aliphatic rings. The van der Waals surface area contributed by atoms with Gasteiger partial charge in [0.2, 0.25) is 17.7 Å². The highest BCUT2D eigenvalue weighted by Gasteiger charge is 2.38. The van der Waals surface area contributed by atoms with Gasteiger partial charge in [0.05, 0.1) is 6.04 Å². The predicted octanol–water partition coefficient (Wildman–Crippen LogP) is -0.734. The summed E-state index contributed by atoms with van der Waals surface area (Å²) in [6, 6.07) is 3.68. The number of nitrogens with two attached hydrogens (primary N) is 4. The number of rotatable bonds is 16. The fourth-order valence-corrected chi connectivity index (χ4v) is 5.17. The number of nitrogens with zero attached hydrogens (tertiary/aromatic N) is 2. The number of likely N-dealkylation sites (tertiary alicyclic amines) is 1. The highest BCUT2D eigenvalue weighted by atomic mass is 16.4. The number of hydrogen-bond acceptors (Lipinski definition) is 7. The van der Waals surface area contributed by atoms with Crippen molar-refractivity contribution in [2.45, 2.75) is 75.5 Å². The number of aromatic nitrogens is 1. The van der Waals surface area contributed by atoms with Crippen molar-refractivity contribution in [2.24, 2.45) is 27.9 Å². The fourth-order valence-electron chi connectivity index (χ4n) is 5.17. The Hall–Kier alpha value is -4.17. The highest BCUT2D eigenvalue weighted by molar-refractivity contribution is 5.95. The van der Waals surface area contributed by atoms with Crippen LogP contribution in [0.4, 0.5) is 0 Å². The first-order valence-corrected chi connectivity index (χ1v) is 14.3. The lowest BCUT2D eigenvalue weighted by Gasteiger charge is -2.29. The molecule has 0 spiro atoms. The van der Waals surface area contributed by atoms with E-state index in [4.69, 9.17) is 22.9 Å². The van der Waals surface area contributed by atoms with Crippen molar-refractivity contribution in [3.8, 4) is 0 Å². The lowest BCUT2D eigenvalue weighted by atomic mass is 10.0. The Kier molecular flexibility index (Phi) is 12.1. The molecule has 0 aliphatic carbocycles. The Labute approximate surface area is 244 Å². The van der Waals surface area contributed by atoms with Gasteiger partial charge in [0.25, 0.3) is 0 Å². The molecule has 2 heterocycles. The molecule has 4 atom stereocenters. The quantitative estimate of drug-likeness (QED) is 0.0701. The van der Waals surface area contributed by atoms with Crippen molar-refractivity contribution >= 4 is 40.6 Å². The minimum Gasteiger partial charge on any atom is -0.480 e. The highest BCUT2D eigenvalue weighted by Crippen LogP contribution is 2.23. The molecule has 0 saturated carbocycles. The number of aromatic amines is 1. The molecule has 42 heavy (non-hydrogen) atoms. The molecular weight excluding hydrogens is 542 g/mol. The van der Waals surface area contributed by atoms with E-state index in [1.807, 2.05) is 24.3 Å². The molecule has 230 valence electrons. The Morgan fingerprint density at radius 1 is 1.05 bits per heavy atom. The summed E-state index contributed by atoms with van der Waals surface area (Å²) >= 11 is 0. The molecule has 14 nitrogen and oxygen atoms in total. The van der Waals surface area contributed by atoms with Gasteiger partial charge in [-0.2, -0.15) is 0 Å². The van der Waals surface area contributed by atoms with E-state index in [2.05, 4.69) is 20.6 Å². The number of hydrogen-bond donors (Lipinski definition) is 8. The standard InChI is InChI=1S/C28H43N9O5/c29-12-4-3-10-21(35-24(38)19(30)8-5-13-33-28(31)32)25(39)36-22(26(40)37-14-6-11-23(37)27(41)42)15-17-16-34-20-9-2-1-7-18(17)20/h1-2,7,9,16,19,21-23,34H,3-6,8,10-15,29-30H2,(H,35,38)(H,36,39)(H,41,42)(H4,31,32,33). The SMILES string of the molecule is NCCCCC(NC(=O)C(N)CCCN=C(N)N)C(=O)NC(Cc1c[nH]c2ccccc12)C(=O)N1CCCC1C(=O)O. The summed E-state index contributed by atoms with van der Waals surface area (Å²) in [5.41, 5.74) is 24.0. The number of aliphatic carboxylic acids is 1. The summed E-state index contributed by atoms with van der Waals surface area (Å²) in [5.74, 6) is -2.69. The minimum atomic E-state index is -1.08. The first-order valence-electron chi connectivity index (χ1n) is 14.3. The van der Waals surface area contributed by atoms with Crippen LogP contribution >= 0.6 is 0 Å². The van der Waals surface area contributed by atoms with E-state index in [9.17, 15) is 24.3 Å². The Morgan fingerprint density at radius 3 is 2.50 bits per heavy atom. The maximum atomic E-state index is 13.8. The number of amides is 3. The smallest absolute Gasteiger partial charge is 0.326 e. The summed E-state index contributed by atoms with van der Waals surface area (Å²) in [6.07, 6.45) is 5.04. The lowest BCUT2D eigenvalue weighted by Crippen LogP contribution is -2.57. The number of guanidine groups is 1. The zero-order valence-electron chi connectivity index (χ0n) is 23.8. The van der Waals surface area contributed by atoms with Gasteiger partial charge in [-0.05, 0) is 63.1 Å². The van der Waals surface area contributed by atoms with Crippen LogP contribution < -0.4 is 33.6 Å². The fraction of sp³-hybridized carbons (Fsp3) is 0.536. The third-order valence-electron chi connectivity index (χ3n) is 7.42. The van der Waals surface area contributed by atoms with Crippen molar-refractivity contribution in [3.63, 3.8) is 0 Å². The number of carbonyl (C=O) groups excluding carboxylic acids is 3. The number of nitrogens with one attached hydrogen (secondary N) is 3. The van der Waals surface area contributed by atoms with E-state index in [0.29, 0.717) is 51.6 Å². The number of benzene rings is 1. The van der Waals surface area contributed by atoms with Crippen LogP contribution in [0.1, 0.15) is 50.5 Å².